The highest BCUT2D eigenvalue weighted by Crippen LogP contribution is 2.08. The average molecular weight is 200 g/mol. The summed E-state index contributed by atoms with van der Waals surface area (Å²) in [5.74, 6) is 0.774. The zero-order valence-corrected chi connectivity index (χ0v) is 10.6. The third kappa shape index (κ3) is 5.61. The van der Waals surface area contributed by atoms with Gasteiger partial charge in [0.15, 0.2) is 0 Å². The van der Waals surface area contributed by atoms with Crippen LogP contribution in [0.2, 0.25) is 0 Å². The molecule has 0 rings (SSSR count). The highest BCUT2D eigenvalue weighted by Gasteiger charge is 2.15. The van der Waals surface area contributed by atoms with Gasteiger partial charge in [0.2, 0.25) is 0 Å². The predicted octanol–water partition coefficient (Wildman–Crippen LogP) is 2.35. The molecule has 86 valence electrons. The van der Waals surface area contributed by atoms with E-state index in [-0.39, 0.29) is 0 Å². The minimum atomic E-state index is 0.657. The van der Waals surface area contributed by atoms with Crippen LogP contribution in [0.3, 0.4) is 0 Å². The molecule has 2 heteroatoms. The van der Waals surface area contributed by atoms with Crippen LogP contribution >= 0.6 is 0 Å². The van der Waals surface area contributed by atoms with Gasteiger partial charge in [0.25, 0.3) is 0 Å². The van der Waals surface area contributed by atoms with Gasteiger partial charge in [-0.1, -0.05) is 34.1 Å². The maximum Gasteiger partial charge on any atom is 0.0220 e. The van der Waals surface area contributed by atoms with Crippen LogP contribution in [-0.2, 0) is 0 Å². The molecule has 0 spiro atoms. The lowest BCUT2D eigenvalue weighted by Gasteiger charge is -2.28. The van der Waals surface area contributed by atoms with Crippen molar-refractivity contribution in [2.45, 2.75) is 46.6 Å². The predicted molar refractivity (Wildman–Crippen MR) is 64.7 cm³/mol. The van der Waals surface area contributed by atoms with Gasteiger partial charge in [-0.25, -0.2) is 0 Å². The van der Waals surface area contributed by atoms with Gasteiger partial charge in [-0.3, -0.25) is 0 Å². The van der Waals surface area contributed by atoms with E-state index in [2.05, 4.69) is 45.0 Å². The Morgan fingerprint density at radius 2 is 1.86 bits per heavy atom. The Hall–Kier alpha value is -0.0800. The van der Waals surface area contributed by atoms with Crippen molar-refractivity contribution in [2.24, 2.45) is 5.92 Å². The molecule has 0 radical (unpaired) electrons. The monoisotopic (exact) mass is 200 g/mol. The summed E-state index contributed by atoms with van der Waals surface area (Å²) in [4.78, 5) is 2.39. The van der Waals surface area contributed by atoms with Crippen LogP contribution in [0.25, 0.3) is 0 Å². The number of nitrogens with zero attached hydrogens (tertiary/aromatic N) is 1. The molecular formula is C12H28N2. The minimum absolute atomic E-state index is 0.657. The quantitative estimate of drug-likeness (QED) is 0.647. The van der Waals surface area contributed by atoms with E-state index >= 15 is 0 Å². The van der Waals surface area contributed by atoms with Crippen molar-refractivity contribution in [3.63, 3.8) is 0 Å². The summed E-state index contributed by atoms with van der Waals surface area (Å²) in [6.07, 6.45) is 2.49. The van der Waals surface area contributed by atoms with Crippen LogP contribution < -0.4 is 5.32 Å². The lowest BCUT2D eigenvalue weighted by atomic mass is 9.98. The van der Waals surface area contributed by atoms with Gasteiger partial charge in [-0.05, 0) is 32.5 Å². The average Bonchev–Trinajstić information content (AvgIpc) is 2.22. The molecule has 0 amide bonds. The molecule has 0 aromatic heterocycles. The third-order valence-corrected chi connectivity index (χ3v) is 3.04. The first kappa shape index (κ1) is 13.9. The van der Waals surface area contributed by atoms with Crippen LogP contribution in [0.15, 0.2) is 0 Å². The fraction of sp³-hybridized carbons (Fsp3) is 1.00. The number of likely N-dealkylation sites (N-methyl/N-ethyl adjacent to an activating group) is 1. The smallest absolute Gasteiger partial charge is 0.0220 e. The van der Waals surface area contributed by atoms with E-state index in [0.717, 1.165) is 19.0 Å². The molecule has 0 aliphatic heterocycles. The molecule has 0 aromatic carbocycles. The van der Waals surface area contributed by atoms with Gasteiger partial charge < -0.3 is 10.2 Å². The van der Waals surface area contributed by atoms with Crippen LogP contribution in [0.4, 0.5) is 0 Å². The van der Waals surface area contributed by atoms with E-state index in [9.17, 15) is 0 Å². The lowest BCUT2D eigenvalue weighted by Crippen LogP contribution is -2.43. The van der Waals surface area contributed by atoms with Gasteiger partial charge in [-0.2, -0.15) is 0 Å². The number of hydrogen-bond acceptors (Lipinski definition) is 2. The molecule has 14 heavy (non-hydrogen) atoms. The van der Waals surface area contributed by atoms with Crippen LogP contribution in [0.1, 0.15) is 40.5 Å². The second-order valence-electron chi connectivity index (χ2n) is 4.30. The van der Waals surface area contributed by atoms with Gasteiger partial charge in [0.05, 0.1) is 0 Å². The third-order valence-electron chi connectivity index (χ3n) is 3.04. The molecule has 0 aliphatic carbocycles. The minimum Gasteiger partial charge on any atom is -0.312 e. The first-order chi connectivity index (χ1) is 6.65. The van der Waals surface area contributed by atoms with Crippen LogP contribution in [-0.4, -0.2) is 37.6 Å². The fourth-order valence-electron chi connectivity index (χ4n) is 1.52. The van der Waals surface area contributed by atoms with Crippen molar-refractivity contribution in [1.82, 2.24) is 10.2 Å². The number of nitrogens with one attached hydrogen (secondary N) is 1. The molecule has 0 heterocycles. The molecule has 1 N–H and O–H groups in total. The number of hydrogen-bond donors (Lipinski definition) is 1. The summed E-state index contributed by atoms with van der Waals surface area (Å²) < 4.78 is 0. The lowest BCUT2D eigenvalue weighted by molar-refractivity contribution is 0.252. The Balaban J connectivity index is 3.96. The van der Waals surface area contributed by atoms with Crippen molar-refractivity contribution in [3.8, 4) is 0 Å². The normalized spacial score (nSPS) is 15.9. The summed E-state index contributed by atoms with van der Waals surface area (Å²) in [7, 11) is 2.20. The van der Waals surface area contributed by atoms with Crippen molar-refractivity contribution >= 4 is 0 Å². The molecular weight excluding hydrogens is 172 g/mol. The van der Waals surface area contributed by atoms with Gasteiger partial charge in [-0.15, -0.1) is 0 Å². The van der Waals surface area contributed by atoms with E-state index in [4.69, 9.17) is 0 Å². The Labute approximate surface area is 90.1 Å². The first-order valence-electron chi connectivity index (χ1n) is 6.07. The van der Waals surface area contributed by atoms with E-state index in [1.54, 1.807) is 0 Å². The van der Waals surface area contributed by atoms with E-state index in [1.165, 1.54) is 19.4 Å². The van der Waals surface area contributed by atoms with Crippen molar-refractivity contribution in [3.05, 3.63) is 0 Å². The zero-order chi connectivity index (χ0) is 11.0. The fourth-order valence-corrected chi connectivity index (χ4v) is 1.52. The summed E-state index contributed by atoms with van der Waals surface area (Å²) in [6.45, 7) is 12.5. The molecule has 0 aromatic rings. The summed E-state index contributed by atoms with van der Waals surface area (Å²) >= 11 is 0. The molecule has 0 aliphatic rings. The van der Waals surface area contributed by atoms with Crippen molar-refractivity contribution in [1.29, 1.82) is 0 Å². The maximum atomic E-state index is 3.64. The topological polar surface area (TPSA) is 15.3 Å². The summed E-state index contributed by atoms with van der Waals surface area (Å²) in [5.41, 5.74) is 0. The number of rotatable bonds is 8. The van der Waals surface area contributed by atoms with Gasteiger partial charge in [0.1, 0.15) is 0 Å². The van der Waals surface area contributed by atoms with E-state index < -0.39 is 0 Å². The Bertz CT molecular complexity index is 125. The van der Waals surface area contributed by atoms with E-state index in [0.29, 0.717) is 6.04 Å². The standard InChI is InChI=1S/C12H28N2/c1-6-9-13-12(11(4)7-2)10-14(5)8-3/h11-13H,6-10H2,1-5H3. The Morgan fingerprint density at radius 1 is 1.21 bits per heavy atom. The van der Waals surface area contributed by atoms with Crippen molar-refractivity contribution < 1.29 is 0 Å². The highest BCUT2D eigenvalue weighted by molar-refractivity contribution is 4.75. The largest absolute Gasteiger partial charge is 0.312 e. The summed E-state index contributed by atoms with van der Waals surface area (Å²) in [6, 6.07) is 0.657. The maximum absolute atomic E-state index is 3.64. The SMILES string of the molecule is CCCNC(CN(C)CC)C(C)CC. The Kier molecular flexibility index (Phi) is 8.20. The van der Waals surface area contributed by atoms with Crippen molar-refractivity contribution in [2.75, 3.05) is 26.7 Å². The first-order valence-corrected chi connectivity index (χ1v) is 6.07. The molecule has 2 unspecified atom stereocenters. The molecule has 0 fully saturated rings. The second-order valence-corrected chi connectivity index (χ2v) is 4.30. The molecule has 0 bridgehead atoms. The molecule has 0 saturated carbocycles. The molecule has 0 saturated heterocycles. The zero-order valence-electron chi connectivity index (χ0n) is 10.6. The molecule has 2 atom stereocenters. The summed E-state index contributed by atoms with van der Waals surface area (Å²) in [5, 5.41) is 3.64. The van der Waals surface area contributed by atoms with Gasteiger partial charge >= 0.3 is 0 Å². The Morgan fingerprint density at radius 3 is 2.29 bits per heavy atom. The van der Waals surface area contributed by atoms with Crippen LogP contribution in [0, 0.1) is 5.92 Å². The van der Waals surface area contributed by atoms with Gasteiger partial charge in [0, 0.05) is 12.6 Å². The van der Waals surface area contributed by atoms with E-state index in [1.807, 2.05) is 0 Å². The molecule has 2 nitrogen and oxygen atoms in total. The van der Waals surface area contributed by atoms with Crippen LogP contribution in [0.5, 0.6) is 0 Å². The highest BCUT2D eigenvalue weighted by atomic mass is 15.1. The second kappa shape index (κ2) is 8.25.